The Hall–Kier alpha value is -1.79. The molecule has 0 bridgehead atoms. The number of nitrogens with zero attached hydrogens (tertiary/aromatic N) is 1. The third kappa shape index (κ3) is 2.44. The number of primary amides is 1. The van der Waals surface area contributed by atoms with E-state index in [0.29, 0.717) is 25.8 Å². The quantitative estimate of drug-likeness (QED) is 0.690. The summed E-state index contributed by atoms with van der Waals surface area (Å²) in [6.07, 6.45) is 3.27. The molecule has 0 aromatic carbocycles. The third-order valence-corrected chi connectivity index (χ3v) is 4.59. The Bertz CT molecular complexity index is 439. The number of carbonyl (C=O) groups is 3. The number of hydrogen-bond donors (Lipinski definition) is 3. The standard InChI is InChI=1S/C13H21N3O4/c1-13(11(18)19)6-2-5-9(13)15-12(20)16-7-3-4-8(16)10(14)17/h8-9H,2-7H2,1H3,(H2,14,17)(H,15,20)(H,18,19). The van der Waals surface area contributed by atoms with Gasteiger partial charge in [-0.25, -0.2) is 4.79 Å². The lowest BCUT2D eigenvalue weighted by atomic mass is 9.85. The molecule has 0 aromatic rings. The van der Waals surface area contributed by atoms with Crippen molar-refractivity contribution >= 4 is 17.9 Å². The van der Waals surface area contributed by atoms with Crippen LogP contribution in [0.2, 0.25) is 0 Å². The van der Waals surface area contributed by atoms with E-state index in [-0.39, 0.29) is 6.03 Å². The van der Waals surface area contributed by atoms with Crippen LogP contribution < -0.4 is 11.1 Å². The predicted octanol–water partition coefficient (Wildman–Crippen LogP) is 0.289. The predicted molar refractivity (Wildman–Crippen MR) is 70.8 cm³/mol. The zero-order chi connectivity index (χ0) is 14.9. The summed E-state index contributed by atoms with van der Waals surface area (Å²) < 4.78 is 0. The average molecular weight is 283 g/mol. The van der Waals surface area contributed by atoms with Crippen molar-refractivity contribution in [1.29, 1.82) is 0 Å². The fraction of sp³-hybridized carbons (Fsp3) is 0.769. The van der Waals surface area contributed by atoms with Gasteiger partial charge in [0.05, 0.1) is 5.41 Å². The van der Waals surface area contributed by atoms with Crippen molar-refractivity contribution < 1.29 is 19.5 Å². The highest BCUT2D eigenvalue weighted by molar-refractivity contribution is 5.87. The lowest BCUT2D eigenvalue weighted by molar-refractivity contribution is -0.148. The van der Waals surface area contributed by atoms with Crippen LogP contribution in [0.5, 0.6) is 0 Å². The van der Waals surface area contributed by atoms with Crippen LogP contribution in [-0.4, -0.2) is 46.5 Å². The number of likely N-dealkylation sites (tertiary alicyclic amines) is 1. The molecule has 3 amide bonds. The number of rotatable bonds is 3. The molecular formula is C13H21N3O4. The number of nitrogens with one attached hydrogen (secondary N) is 1. The fourth-order valence-corrected chi connectivity index (χ4v) is 3.19. The van der Waals surface area contributed by atoms with Crippen LogP contribution in [0.1, 0.15) is 39.0 Å². The molecule has 3 atom stereocenters. The number of hydrogen-bond acceptors (Lipinski definition) is 3. The molecule has 0 aromatic heterocycles. The van der Waals surface area contributed by atoms with E-state index in [9.17, 15) is 19.5 Å². The highest BCUT2D eigenvalue weighted by Gasteiger charge is 2.47. The Morgan fingerprint density at radius 2 is 2.00 bits per heavy atom. The molecule has 1 aliphatic heterocycles. The number of urea groups is 1. The molecule has 0 radical (unpaired) electrons. The number of nitrogens with two attached hydrogens (primary N) is 1. The molecule has 112 valence electrons. The molecule has 2 aliphatic rings. The first-order chi connectivity index (χ1) is 9.36. The van der Waals surface area contributed by atoms with E-state index in [1.807, 2.05) is 0 Å². The molecule has 1 saturated heterocycles. The Kier molecular flexibility index (Phi) is 3.87. The topological polar surface area (TPSA) is 113 Å². The maximum absolute atomic E-state index is 12.2. The van der Waals surface area contributed by atoms with E-state index in [4.69, 9.17) is 5.73 Å². The van der Waals surface area contributed by atoms with Crippen molar-refractivity contribution in [3.05, 3.63) is 0 Å². The van der Waals surface area contributed by atoms with Crippen LogP contribution in [-0.2, 0) is 9.59 Å². The number of amides is 3. The van der Waals surface area contributed by atoms with E-state index >= 15 is 0 Å². The summed E-state index contributed by atoms with van der Waals surface area (Å²) in [5.74, 6) is -1.40. The summed E-state index contributed by atoms with van der Waals surface area (Å²) in [4.78, 5) is 36.3. The average Bonchev–Trinajstić information content (AvgIpc) is 2.97. The third-order valence-electron chi connectivity index (χ3n) is 4.59. The summed E-state index contributed by atoms with van der Waals surface area (Å²) in [7, 11) is 0. The minimum absolute atomic E-state index is 0.384. The molecule has 2 rings (SSSR count). The van der Waals surface area contributed by atoms with Gasteiger partial charge in [-0.05, 0) is 32.6 Å². The van der Waals surface area contributed by atoms with Crippen LogP contribution in [0.4, 0.5) is 4.79 Å². The van der Waals surface area contributed by atoms with Gasteiger partial charge in [0.25, 0.3) is 0 Å². The van der Waals surface area contributed by atoms with Gasteiger partial charge >= 0.3 is 12.0 Å². The largest absolute Gasteiger partial charge is 0.481 e. The van der Waals surface area contributed by atoms with E-state index in [1.54, 1.807) is 6.92 Å². The molecule has 4 N–H and O–H groups in total. The lowest BCUT2D eigenvalue weighted by Gasteiger charge is -2.31. The first-order valence-electron chi connectivity index (χ1n) is 6.96. The molecule has 0 spiro atoms. The highest BCUT2D eigenvalue weighted by atomic mass is 16.4. The van der Waals surface area contributed by atoms with Crippen LogP contribution in [0, 0.1) is 5.41 Å². The first-order valence-corrected chi connectivity index (χ1v) is 6.96. The molecule has 20 heavy (non-hydrogen) atoms. The van der Waals surface area contributed by atoms with E-state index < -0.39 is 29.4 Å². The van der Waals surface area contributed by atoms with E-state index in [2.05, 4.69) is 5.32 Å². The van der Waals surface area contributed by atoms with E-state index in [1.165, 1.54) is 4.90 Å². The summed E-state index contributed by atoms with van der Waals surface area (Å²) in [5.41, 5.74) is 4.35. The minimum atomic E-state index is -0.933. The maximum atomic E-state index is 12.2. The van der Waals surface area contributed by atoms with Crippen LogP contribution in [0.3, 0.4) is 0 Å². The van der Waals surface area contributed by atoms with Gasteiger partial charge in [0, 0.05) is 12.6 Å². The second-order valence-electron chi connectivity index (χ2n) is 5.87. The Morgan fingerprint density at radius 1 is 1.30 bits per heavy atom. The van der Waals surface area contributed by atoms with Gasteiger partial charge in [-0.1, -0.05) is 6.42 Å². The van der Waals surface area contributed by atoms with Gasteiger partial charge in [-0.3, -0.25) is 9.59 Å². The molecule has 7 nitrogen and oxygen atoms in total. The molecular weight excluding hydrogens is 262 g/mol. The maximum Gasteiger partial charge on any atom is 0.318 e. The fourth-order valence-electron chi connectivity index (χ4n) is 3.19. The van der Waals surface area contributed by atoms with Crippen molar-refractivity contribution in [3.63, 3.8) is 0 Å². The number of carbonyl (C=O) groups excluding carboxylic acids is 2. The zero-order valence-electron chi connectivity index (χ0n) is 11.6. The smallest absolute Gasteiger partial charge is 0.318 e. The second kappa shape index (κ2) is 5.30. The molecule has 1 saturated carbocycles. The molecule has 1 aliphatic carbocycles. The second-order valence-corrected chi connectivity index (χ2v) is 5.87. The van der Waals surface area contributed by atoms with Crippen molar-refractivity contribution in [1.82, 2.24) is 10.2 Å². The van der Waals surface area contributed by atoms with Gasteiger partial charge in [-0.15, -0.1) is 0 Å². The number of carboxylic acid groups (broad SMARTS) is 1. The lowest BCUT2D eigenvalue weighted by Crippen LogP contribution is -2.54. The van der Waals surface area contributed by atoms with Gasteiger partial charge < -0.3 is 21.1 Å². The van der Waals surface area contributed by atoms with E-state index in [0.717, 1.165) is 12.8 Å². The zero-order valence-corrected chi connectivity index (χ0v) is 11.6. The summed E-state index contributed by atoms with van der Waals surface area (Å²) >= 11 is 0. The minimum Gasteiger partial charge on any atom is -0.481 e. The van der Waals surface area contributed by atoms with Crippen LogP contribution in [0.25, 0.3) is 0 Å². The Labute approximate surface area is 117 Å². The van der Waals surface area contributed by atoms with Crippen molar-refractivity contribution in [2.45, 2.75) is 51.1 Å². The Balaban J connectivity index is 2.04. The molecule has 1 heterocycles. The molecule has 2 fully saturated rings. The Morgan fingerprint density at radius 3 is 2.60 bits per heavy atom. The molecule has 7 heteroatoms. The SMILES string of the molecule is CC1(C(=O)O)CCCC1NC(=O)N1CCCC1C(N)=O. The van der Waals surface area contributed by atoms with Gasteiger partial charge in [-0.2, -0.15) is 0 Å². The van der Waals surface area contributed by atoms with Crippen molar-refractivity contribution in [2.75, 3.05) is 6.54 Å². The van der Waals surface area contributed by atoms with Crippen molar-refractivity contribution in [3.8, 4) is 0 Å². The first kappa shape index (κ1) is 14.6. The normalized spacial score (nSPS) is 33.1. The van der Waals surface area contributed by atoms with Gasteiger partial charge in [0.1, 0.15) is 6.04 Å². The van der Waals surface area contributed by atoms with Crippen molar-refractivity contribution in [2.24, 2.45) is 11.1 Å². The monoisotopic (exact) mass is 283 g/mol. The van der Waals surface area contributed by atoms with Crippen LogP contribution >= 0.6 is 0 Å². The number of aliphatic carboxylic acids is 1. The molecule has 3 unspecified atom stereocenters. The van der Waals surface area contributed by atoms with Gasteiger partial charge in [0.2, 0.25) is 5.91 Å². The summed E-state index contributed by atoms with van der Waals surface area (Å²) in [6, 6.07) is -1.36. The summed E-state index contributed by atoms with van der Waals surface area (Å²) in [5, 5.41) is 12.1. The summed E-state index contributed by atoms with van der Waals surface area (Å²) in [6.45, 7) is 2.14. The highest BCUT2D eigenvalue weighted by Crippen LogP contribution is 2.38. The van der Waals surface area contributed by atoms with Crippen LogP contribution in [0.15, 0.2) is 0 Å². The van der Waals surface area contributed by atoms with Gasteiger partial charge in [0.15, 0.2) is 0 Å². The number of carboxylic acids is 1.